The third kappa shape index (κ3) is 4.43. The Morgan fingerprint density at radius 1 is 1.35 bits per heavy atom. The quantitative estimate of drug-likeness (QED) is 0.802. The molecule has 0 aliphatic heterocycles. The standard InChI is InChI=1S/C16H21N3O3S/c1-17-7-6-15(20)19(16-18-8-9-23-16)11-12-4-5-13(21-2)10-14(12)22-3/h4-5,8-10,17H,6-7,11H2,1-3H3. The van der Waals surface area contributed by atoms with Crippen molar-refractivity contribution >= 4 is 22.4 Å². The Balaban J connectivity index is 2.25. The molecule has 2 rings (SSSR count). The predicted molar refractivity (Wildman–Crippen MR) is 91.4 cm³/mol. The minimum absolute atomic E-state index is 0.0205. The second-order valence-corrected chi connectivity index (χ2v) is 5.70. The van der Waals surface area contributed by atoms with E-state index in [4.69, 9.17) is 9.47 Å². The molecule has 6 nitrogen and oxygen atoms in total. The molecule has 0 bridgehead atoms. The van der Waals surface area contributed by atoms with Gasteiger partial charge >= 0.3 is 0 Å². The minimum atomic E-state index is 0.0205. The van der Waals surface area contributed by atoms with Crippen LogP contribution >= 0.6 is 11.3 Å². The first kappa shape index (κ1) is 17.2. The van der Waals surface area contributed by atoms with Gasteiger partial charge in [0.1, 0.15) is 11.5 Å². The van der Waals surface area contributed by atoms with Crippen molar-refractivity contribution in [2.75, 3.05) is 32.7 Å². The minimum Gasteiger partial charge on any atom is -0.497 e. The average molecular weight is 335 g/mol. The normalized spacial score (nSPS) is 10.4. The summed E-state index contributed by atoms with van der Waals surface area (Å²) in [6.07, 6.45) is 2.11. The van der Waals surface area contributed by atoms with Crippen LogP contribution in [0, 0.1) is 0 Å². The largest absolute Gasteiger partial charge is 0.497 e. The summed E-state index contributed by atoms with van der Waals surface area (Å²) in [7, 11) is 5.04. The van der Waals surface area contributed by atoms with Crippen LogP contribution in [0.2, 0.25) is 0 Å². The number of amides is 1. The molecule has 1 aromatic carbocycles. The van der Waals surface area contributed by atoms with Crippen molar-refractivity contribution in [3.05, 3.63) is 35.3 Å². The van der Waals surface area contributed by atoms with Crippen LogP contribution in [-0.2, 0) is 11.3 Å². The zero-order valence-corrected chi connectivity index (χ0v) is 14.4. The van der Waals surface area contributed by atoms with Gasteiger partial charge in [-0.1, -0.05) is 0 Å². The summed E-state index contributed by atoms with van der Waals surface area (Å²) in [5.74, 6) is 1.42. The first-order chi connectivity index (χ1) is 11.2. The summed E-state index contributed by atoms with van der Waals surface area (Å²) in [6.45, 7) is 1.03. The molecule has 0 saturated carbocycles. The molecule has 0 unspecified atom stereocenters. The maximum Gasteiger partial charge on any atom is 0.230 e. The number of nitrogens with zero attached hydrogens (tertiary/aromatic N) is 2. The van der Waals surface area contributed by atoms with Gasteiger partial charge in [0.25, 0.3) is 0 Å². The highest BCUT2D eigenvalue weighted by Crippen LogP contribution is 2.28. The fraction of sp³-hybridized carbons (Fsp3) is 0.375. The lowest BCUT2D eigenvalue weighted by Gasteiger charge is -2.21. The summed E-state index contributed by atoms with van der Waals surface area (Å²) in [4.78, 5) is 18.5. The van der Waals surface area contributed by atoms with E-state index in [1.165, 1.54) is 11.3 Å². The Morgan fingerprint density at radius 2 is 2.17 bits per heavy atom. The van der Waals surface area contributed by atoms with Gasteiger partial charge in [0.15, 0.2) is 5.13 Å². The maximum absolute atomic E-state index is 12.5. The number of carbonyl (C=O) groups excluding carboxylic acids is 1. The number of ether oxygens (including phenoxy) is 2. The third-order valence-electron chi connectivity index (χ3n) is 3.36. The summed E-state index contributed by atoms with van der Waals surface area (Å²) < 4.78 is 10.6. The molecule has 0 radical (unpaired) electrons. The van der Waals surface area contributed by atoms with Gasteiger partial charge < -0.3 is 14.8 Å². The first-order valence-electron chi connectivity index (χ1n) is 7.25. The summed E-state index contributed by atoms with van der Waals surface area (Å²) >= 11 is 1.44. The molecular formula is C16H21N3O3S. The van der Waals surface area contributed by atoms with Gasteiger partial charge in [-0.2, -0.15) is 0 Å². The van der Waals surface area contributed by atoms with Crippen molar-refractivity contribution in [2.24, 2.45) is 0 Å². The SMILES string of the molecule is CNCCC(=O)N(Cc1ccc(OC)cc1OC)c1nccs1. The Labute approximate surface area is 140 Å². The smallest absolute Gasteiger partial charge is 0.230 e. The topological polar surface area (TPSA) is 63.7 Å². The summed E-state index contributed by atoms with van der Waals surface area (Å²) in [5, 5.41) is 5.54. The number of benzene rings is 1. The van der Waals surface area contributed by atoms with Gasteiger partial charge in [-0.25, -0.2) is 4.98 Å². The zero-order valence-electron chi connectivity index (χ0n) is 13.5. The maximum atomic E-state index is 12.5. The van der Waals surface area contributed by atoms with E-state index >= 15 is 0 Å². The number of anilines is 1. The van der Waals surface area contributed by atoms with Crippen molar-refractivity contribution < 1.29 is 14.3 Å². The van der Waals surface area contributed by atoms with Crippen LogP contribution in [0.5, 0.6) is 11.5 Å². The van der Waals surface area contributed by atoms with E-state index in [0.29, 0.717) is 36.1 Å². The molecule has 0 fully saturated rings. The van der Waals surface area contributed by atoms with Crippen LogP contribution in [-0.4, -0.2) is 38.7 Å². The lowest BCUT2D eigenvalue weighted by atomic mass is 10.1. The lowest BCUT2D eigenvalue weighted by molar-refractivity contribution is -0.118. The molecule has 0 spiro atoms. The average Bonchev–Trinajstić information content (AvgIpc) is 3.11. The first-order valence-corrected chi connectivity index (χ1v) is 8.13. The summed E-state index contributed by atoms with van der Waals surface area (Å²) in [5.41, 5.74) is 0.904. The van der Waals surface area contributed by atoms with Gasteiger partial charge in [-0.15, -0.1) is 11.3 Å². The van der Waals surface area contributed by atoms with E-state index in [2.05, 4.69) is 10.3 Å². The lowest BCUT2D eigenvalue weighted by Crippen LogP contribution is -2.32. The molecular weight excluding hydrogens is 314 g/mol. The van der Waals surface area contributed by atoms with Crippen molar-refractivity contribution in [1.82, 2.24) is 10.3 Å². The molecule has 1 aromatic heterocycles. The van der Waals surface area contributed by atoms with Crippen LogP contribution in [0.3, 0.4) is 0 Å². The van der Waals surface area contributed by atoms with Gasteiger partial charge in [-0.05, 0) is 19.2 Å². The monoisotopic (exact) mass is 335 g/mol. The summed E-state index contributed by atoms with van der Waals surface area (Å²) in [6, 6.07) is 5.58. The fourth-order valence-corrected chi connectivity index (χ4v) is 2.79. The van der Waals surface area contributed by atoms with Gasteiger partial charge in [0.05, 0.1) is 20.8 Å². The Bertz CT molecular complexity index is 632. The van der Waals surface area contributed by atoms with Crippen LogP contribution in [0.4, 0.5) is 5.13 Å². The van der Waals surface area contributed by atoms with Gasteiger partial charge in [0, 0.05) is 36.2 Å². The van der Waals surface area contributed by atoms with E-state index in [9.17, 15) is 4.79 Å². The molecule has 0 atom stereocenters. The van der Waals surface area contributed by atoms with Crippen molar-refractivity contribution in [1.29, 1.82) is 0 Å². The molecule has 7 heteroatoms. The van der Waals surface area contributed by atoms with E-state index in [0.717, 1.165) is 5.56 Å². The molecule has 1 amide bonds. The van der Waals surface area contributed by atoms with E-state index < -0.39 is 0 Å². The second-order valence-electron chi connectivity index (χ2n) is 4.83. The van der Waals surface area contributed by atoms with Crippen LogP contribution < -0.4 is 19.7 Å². The molecule has 23 heavy (non-hydrogen) atoms. The van der Waals surface area contributed by atoms with Gasteiger partial charge in [0.2, 0.25) is 5.91 Å². The molecule has 0 aliphatic carbocycles. The molecule has 0 aliphatic rings. The van der Waals surface area contributed by atoms with E-state index in [1.807, 2.05) is 30.6 Å². The Kier molecular flexibility index (Phi) is 6.37. The molecule has 1 N–H and O–H groups in total. The van der Waals surface area contributed by atoms with Crippen LogP contribution in [0.15, 0.2) is 29.8 Å². The number of methoxy groups -OCH3 is 2. The van der Waals surface area contributed by atoms with Crippen molar-refractivity contribution in [2.45, 2.75) is 13.0 Å². The number of aromatic nitrogens is 1. The predicted octanol–water partition coefficient (Wildman–Crippen LogP) is 2.30. The van der Waals surface area contributed by atoms with E-state index in [-0.39, 0.29) is 5.91 Å². The highest BCUT2D eigenvalue weighted by atomic mass is 32.1. The van der Waals surface area contributed by atoms with Crippen molar-refractivity contribution in [3.8, 4) is 11.5 Å². The zero-order chi connectivity index (χ0) is 16.7. The number of hydrogen-bond acceptors (Lipinski definition) is 6. The highest BCUT2D eigenvalue weighted by Gasteiger charge is 2.20. The van der Waals surface area contributed by atoms with Gasteiger partial charge in [-0.3, -0.25) is 9.69 Å². The second kappa shape index (κ2) is 8.50. The number of rotatable bonds is 8. The Hall–Kier alpha value is -2.12. The third-order valence-corrected chi connectivity index (χ3v) is 4.16. The number of nitrogens with one attached hydrogen (secondary N) is 1. The van der Waals surface area contributed by atoms with Crippen molar-refractivity contribution in [3.63, 3.8) is 0 Å². The van der Waals surface area contributed by atoms with Crippen LogP contribution in [0.1, 0.15) is 12.0 Å². The van der Waals surface area contributed by atoms with Crippen LogP contribution in [0.25, 0.3) is 0 Å². The number of thiazole rings is 1. The molecule has 124 valence electrons. The molecule has 1 heterocycles. The number of hydrogen-bond donors (Lipinski definition) is 1. The fourth-order valence-electron chi connectivity index (χ4n) is 2.13. The van der Waals surface area contributed by atoms with E-state index in [1.54, 1.807) is 25.3 Å². The molecule has 0 saturated heterocycles. The molecule has 2 aromatic rings. The number of carbonyl (C=O) groups is 1. The highest BCUT2D eigenvalue weighted by molar-refractivity contribution is 7.13. The Morgan fingerprint density at radius 3 is 2.78 bits per heavy atom.